The van der Waals surface area contributed by atoms with Crippen LogP contribution in [0.5, 0.6) is 5.88 Å². The molecular formula is C17H21BrF3N5O. The van der Waals surface area contributed by atoms with Gasteiger partial charge in [-0.2, -0.15) is 13.2 Å². The molecule has 2 heterocycles. The number of nitrogens with one attached hydrogen (secondary N) is 1. The molecule has 0 unspecified atom stereocenters. The van der Waals surface area contributed by atoms with E-state index in [-0.39, 0.29) is 12.4 Å². The van der Waals surface area contributed by atoms with Gasteiger partial charge in [0.15, 0.2) is 12.6 Å². The van der Waals surface area contributed by atoms with E-state index in [1.54, 1.807) is 19.2 Å². The molecule has 0 amide bonds. The van der Waals surface area contributed by atoms with Crippen LogP contribution in [0.4, 0.5) is 13.2 Å². The summed E-state index contributed by atoms with van der Waals surface area (Å²) >= 11 is 3.44. The molecule has 0 radical (unpaired) electrons. The summed E-state index contributed by atoms with van der Waals surface area (Å²) in [4.78, 5) is 10.0. The second-order valence-electron chi connectivity index (χ2n) is 5.89. The summed E-state index contributed by atoms with van der Waals surface area (Å²) in [6.45, 7) is -0.547. The fourth-order valence-corrected chi connectivity index (χ4v) is 3.01. The lowest BCUT2D eigenvalue weighted by Gasteiger charge is -2.22. The van der Waals surface area contributed by atoms with Crippen molar-refractivity contribution in [3.8, 4) is 5.88 Å². The number of guanidine groups is 1. The van der Waals surface area contributed by atoms with Crippen molar-refractivity contribution in [3.63, 3.8) is 0 Å². The molecular weight excluding hydrogens is 427 g/mol. The molecule has 2 aromatic heterocycles. The molecule has 2 rings (SSSR count). The van der Waals surface area contributed by atoms with Crippen LogP contribution in [0.15, 0.2) is 40.1 Å². The van der Waals surface area contributed by atoms with Crippen molar-refractivity contribution in [2.75, 3.05) is 20.7 Å². The first-order valence-electron chi connectivity index (χ1n) is 8.05. The molecule has 1 N–H and O–H groups in total. The van der Waals surface area contributed by atoms with Gasteiger partial charge in [0.2, 0.25) is 5.88 Å². The van der Waals surface area contributed by atoms with Crippen molar-refractivity contribution < 1.29 is 17.9 Å². The van der Waals surface area contributed by atoms with Crippen molar-refractivity contribution >= 4 is 21.9 Å². The number of aliphatic imine (C=N–C) groups is 1. The Labute approximate surface area is 164 Å². The molecule has 0 saturated heterocycles. The predicted octanol–water partition coefficient (Wildman–Crippen LogP) is 3.33. The summed E-state index contributed by atoms with van der Waals surface area (Å²) < 4.78 is 45.0. The zero-order valence-electron chi connectivity index (χ0n) is 15.2. The Kier molecular flexibility index (Phi) is 7.11. The zero-order chi connectivity index (χ0) is 20.0. The molecule has 2 aromatic rings. The van der Waals surface area contributed by atoms with E-state index in [0.29, 0.717) is 18.1 Å². The lowest BCUT2D eigenvalue weighted by molar-refractivity contribution is -0.154. The minimum atomic E-state index is -4.41. The Morgan fingerprint density at radius 3 is 2.78 bits per heavy atom. The summed E-state index contributed by atoms with van der Waals surface area (Å²) in [6, 6.07) is 5.31. The van der Waals surface area contributed by atoms with E-state index >= 15 is 0 Å². The Morgan fingerprint density at radius 1 is 1.44 bits per heavy atom. The molecule has 0 fully saturated rings. The van der Waals surface area contributed by atoms with Gasteiger partial charge in [-0.15, -0.1) is 0 Å². The van der Waals surface area contributed by atoms with Gasteiger partial charge in [-0.1, -0.05) is 6.07 Å². The van der Waals surface area contributed by atoms with Gasteiger partial charge in [-0.25, -0.2) is 4.98 Å². The average Bonchev–Trinajstić information content (AvgIpc) is 2.91. The average molecular weight is 448 g/mol. The molecule has 148 valence electrons. The standard InChI is InChI=1S/C17H21BrF3N5O/c1-22-16(26(3)10-14-7-13(18)9-25(14)2)24-8-12-5-4-6-23-15(12)27-11-17(19,20)21/h4-7,9H,8,10-11H2,1-3H3,(H,22,24). The van der Waals surface area contributed by atoms with E-state index in [2.05, 4.69) is 31.2 Å². The molecule has 27 heavy (non-hydrogen) atoms. The van der Waals surface area contributed by atoms with Gasteiger partial charge in [-0.3, -0.25) is 4.99 Å². The lowest BCUT2D eigenvalue weighted by Crippen LogP contribution is -2.38. The predicted molar refractivity (Wildman–Crippen MR) is 101 cm³/mol. The highest BCUT2D eigenvalue weighted by Crippen LogP contribution is 2.20. The van der Waals surface area contributed by atoms with Gasteiger partial charge in [0.25, 0.3) is 0 Å². The third-order valence-electron chi connectivity index (χ3n) is 3.71. The third-order valence-corrected chi connectivity index (χ3v) is 4.14. The SMILES string of the molecule is CN=C(NCc1cccnc1OCC(F)(F)F)N(C)Cc1cc(Br)cn1C. The molecule has 0 saturated carbocycles. The Hall–Kier alpha value is -2.23. The van der Waals surface area contributed by atoms with Crippen LogP contribution in [0, 0.1) is 0 Å². The lowest BCUT2D eigenvalue weighted by atomic mass is 10.2. The number of rotatable bonds is 6. The Morgan fingerprint density at radius 2 is 2.19 bits per heavy atom. The van der Waals surface area contributed by atoms with E-state index in [1.807, 2.05) is 35.8 Å². The fourth-order valence-electron chi connectivity index (χ4n) is 2.44. The zero-order valence-corrected chi connectivity index (χ0v) is 16.8. The molecule has 6 nitrogen and oxygen atoms in total. The maximum Gasteiger partial charge on any atom is 0.422 e. The number of pyridine rings is 1. The number of halogens is 4. The highest BCUT2D eigenvalue weighted by molar-refractivity contribution is 9.10. The number of aromatic nitrogens is 2. The second-order valence-corrected chi connectivity index (χ2v) is 6.80. The molecule has 0 spiro atoms. The monoisotopic (exact) mass is 447 g/mol. The first-order chi connectivity index (χ1) is 12.7. The van der Waals surface area contributed by atoms with Crippen molar-refractivity contribution in [1.29, 1.82) is 0 Å². The highest BCUT2D eigenvalue weighted by atomic mass is 79.9. The van der Waals surface area contributed by atoms with Gasteiger partial charge in [0.05, 0.1) is 6.54 Å². The molecule has 0 aliphatic heterocycles. The van der Waals surface area contributed by atoms with E-state index in [4.69, 9.17) is 4.74 Å². The largest absolute Gasteiger partial charge is 0.468 e. The highest BCUT2D eigenvalue weighted by Gasteiger charge is 2.29. The van der Waals surface area contributed by atoms with Crippen molar-refractivity contribution in [3.05, 3.63) is 46.3 Å². The first-order valence-corrected chi connectivity index (χ1v) is 8.85. The van der Waals surface area contributed by atoms with Gasteiger partial charge in [0.1, 0.15) is 0 Å². The maximum absolute atomic E-state index is 12.4. The van der Waals surface area contributed by atoms with Crippen LogP contribution in [0.25, 0.3) is 0 Å². The quantitative estimate of drug-likeness (QED) is 0.544. The van der Waals surface area contributed by atoms with Gasteiger partial charge < -0.3 is 19.5 Å². The molecule has 0 aliphatic carbocycles. The van der Waals surface area contributed by atoms with Crippen LogP contribution in [-0.2, 0) is 20.1 Å². The molecule has 0 atom stereocenters. The Bertz CT molecular complexity index is 791. The van der Waals surface area contributed by atoms with Gasteiger partial charge in [-0.05, 0) is 28.1 Å². The summed E-state index contributed by atoms with van der Waals surface area (Å²) in [5, 5.41) is 3.12. The van der Waals surface area contributed by atoms with E-state index < -0.39 is 12.8 Å². The molecule has 10 heteroatoms. The number of aryl methyl sites for hydroxylation is 1. The van der Waals surface area contributed by atoms with Crippen LogP contribution in [0.2, 0.25) is 0 Å². The normalized spacial score (nSPS) is 12.2. The van der Waals surface area contributed by atoms with Crippen LogP contribution in [-0.4, -0.2) is 47.3 Å². The van der Waals surface area contributed by atoms with Crippen LogP contribution in [0.3, 0.4) is 0 Å². The van der Waals surface area contributed by atoms with E-state index in [9.17, 15) is 13.2 Å². The number of alkyl halides is 3. The molecule has 0 aromatic carbocycles. The van der Waals surface area contributed by atoms with E-state index in [0.717, 1.165) is 10.2 Å². The van der Waals surface area contributed by atoms with Crippen LogP contribution in [0.1, 0.15) is 11.3 Å². The Balaban J connectivity index is 2.00. The van der Waals surface area contributed by atoms with Crippen molar-refractivity contribution in [2.45, 2.75) is 19.3 Å². The molecule has 0 bridgehead atoms. The summed E-state index contributed by atoms with van der Waals surface area (Å²) in [5.41, 5.74) is 1.58. The third kappa shape index (κ3) is 6.46. The number of hydrogen-bond acceptors (Lipinski definition) is 3. The van der Waals surface area contributed by atoms with Gasteiger partial charge >= 0.3 is 6.18 Å². The van der Waals surface area contributed by atoms with Gasteiger partial charge in [0, 0.05) is 55.8 Å². The van der Waals surface area contributed by atoms with Crippen LogP contribution >= 0.6 is 15.9 Å². The van der Waals surface area contributed by atoms with Crippen molar-refractivity contribution in [2.24, 2.45) is 12.0 Å². The summed E-state index contributed by atoms with van der Waals surface area (Å²) in [7, 11) is 5.47. The van der Waals surface area contributed by atoms with Crippen molar-refractivity contribution in [1.82, 2.24) is 19.8 Å². The van der Waals surface area contributed by atoms with Crippen LogP contribution < -0.4 is 10.1 Å². The topological polar surface area (TPSA) is 54.7 Å². The maximum atomic E-state index is 12.4. The minimum absolute atomic E-state index is 0.0493. The second kappa shape index (κ2) is 9.12. The first kappa shape index (κ1) is 21.1. The number of ether oxygens (including phenoxy) is 1. The summed E-state index contributed by atoms with van der Waals surface area (Å²) in [6.07, 6.45) is -1.06. The minimum Gasteiger partial charge on any atom is -0.468 e. The summed E-state index contributed by atoms with van der Waals surface area (Å²) in [5.74, 6) is 0.546. The fraction of sp³-hybridized carbons (Fsp3) is 0.412. The smallest absolute Gasteiger partial charge is 0.422 e. The molecule has 0 aliphatic rings. The van der Waals surface area contributed by atoms with E-state index in [1.165, 1.54) is 6.20 Å². The number of hydrogen-bond donors (Lipinski definition) is 1. The number of nitrogens with zero attached hydrogens (tertiary/aromatic N) is 4.